The number of carbonyl (C=O) groups is 2. The van der Waals surface area contributed by atoms with Crippen molar-refractivity contribution in [3.05, 3.63) is 29.8 Å². The van der Waals surface area contributed by atoms with Crippen molar-refractivity contribution in [1.82, 2.24) is 5.32 Å². The molecule has 0 heterocycles. The van der Waals surface area contributed by atoms with E-state index in [0.717, 1.165) is 11.3 Å². The molecule has 21 heavy (non-hydrogen) atoms. The first-order valence-corrected chi connectivity index (χ1v) is 7.91. The quantitative estimate of drug-likeness (QED) is 0.713. The summed E-state index contributed by atoms with van der Waals surface area (Å²) in [5, 5.41) is 5.52. The van der Waals surface area contributed by atoms with E-state index >= 15 is 0 Å². The molecule has 0 aromatic heterocycles. The van der Waals surface area contributed by atoms with Gasteiger partial charge in [0.25, 0.3) is 0 Å². The SMILES string of the molecule is Cc1ccc(NC(=O)CSCC(=O)NCC(C)(C)N)cc1. The van der Waals surface area contributed by atoms with E-state index in [2.05, 4.69) is 10.6 Å². The molecule has 116 valence electrons. The molecule has 5 nitrogen and oxygen atoms in total. The van der Waals surface area contributed by atoms with Crippen molar-refractivity contribution in [2.75, 3.05) is 23.4 Å². The standard InChI is InChI=1S/C15H23N3O2S/c1-11-4-6-12(7-5-11)18-14(20)9-21-8-13(19)17-10-15(2,3)16/h4-7H,8-10,16H2,1-3H3,(H,17,19)(H,18,20). The van der Waals surface area contributed by atoms with Crippen LogP contribution in [0, 0.1) is 6.92 Å². The molecule has 0 spiro atoms. The lowest BCUT2D eigenvalue weighted by molar-refractivity contribution is -0.118. The molecule has 0 aliphatic heterocycles. The van der Waals surface area contributed by atoms with Gasteiger partial charge in [0.15, 0.2) is 0 Å². The molecule has 0 radical (unpaired) electrons. The van der Waals surface area contributed by atoms with Crippen LogP contribution in [0.2, 0.25) is 0 Å². The Balaban J connectivity index is 2.21. The van der Waals surface area contributed by atoms with Crippen LogP contribution < -0.4 is 16.4 Å². The third kappa shape index (κ3) is 8.37. The Labute approximate surface area is 130 Å². The van der Waals surface area contributed by atoms with E-state index in [1.807, 2.05) is 45.0 Å². The summed E-state index contributed by atoms with van der Waals surface area (Å²) in [5.74, 6) is 0.266. The van der Waals surface area contributed by atoms with Crippen molar-refractivity contribution in [3.63, 3.8) is 0 Å². The molecule has 0 aliphatic rings. The first-order valence-electron chi connectivity index (χ1n) is 6.76. The third-order valence-corrected chi connectivity index (χ3v) is 3.48. The molecule has 1 aromatic carbocycles. The molecule has 0 unspecified atom stereocenters. The van der Waals surface area contributed by atoms with Crippen molar-refractivity contribution in [3.8, 4) is 0 Å². The average Bonchev–Trinajstić information content (AvgIpc) is 2.38. The summed E-state index contributed by atoms with van der Waals surface area (Å²) in [4.78, 5) is 23.3. The topological polar surface area (TPSA) is 84.2 Å². The van der Waals surface area contributed by atoms with Gasteiger partial charge in [-0.2, -0.15) is 0 Å². The van der Waals surface area contributed by atoms with E-state index < -0.39 is 5.54 Å². The van der Waals surface area contributed by atoms with Gasteiger partial charge in [-0.15, -0.1) is 11.8 Å². The number of benzene rings is 1. The van der Waals surface area contributed by atoms with Crippen molar-refractivity contribution in [1.29, 1.82) is 0 Å². The normalized spacial score (nSPS) is 11.0. The summed E-state index contributed by atoms with van der Waals surface area (Å²) >= 11 is 1.28. The molecule has 0 bridgehead atoms. The van der Waals surface area contributed by atoms with Crippen molar-refractivity contribution in [2.24, 2.45) is 5.73 Å². The second-order valence-electron chi connectivity index (χ2n) is 5.67. The van der Waals surface area contributed by atoms with Gasteiger partial charge in [-0.25, -0.2) is 0 Å². The second-order valence-corrected chi connectivity index (χ2v) is 6.66. The molecule has 2 amide bonds. The van der Waals surface area contributed by atoms with Crippen LogP contribution in [0.15, 0.2) is 24.3 Å². The minimum absolute atomic E-state index is 0.110. The highest BCUT2D eigenvalue weighted by Crippen LogP contribution is 2.09. The maximum absolute atomic E-state index is 11.7. The van der Waals surface area contributed by atoms with Crippen LogP contribution in [0.3, 0.4) is 0 Å². The molecule has 0 saturated heterocycles. The van der Waals surface area contributed by atoms with Gasteiger partial charge in [-0.05, 0) is 32.9 Å². The Morgan fingerprint density at radius 2 is 1.71 bits per heavy atom. The first-order chi connectivity index (χ1) is 9.76. The zero-order valence-electron chi connectivity index (χ0n) is 12.7. The number of aryl methyl sites for hydroxylation is 1. The van der Waals surface area contributed by atoms with Gasteiger partial charge in [0.2, 0.25) is 11.8 Å². The third-order valence-electron chi connectivity index (χ3n) is 2.54. The molecule has 1 rings (SSSR count). The fraction of sp³-hybridized carbons (Fsp3) is 0.467. The fourth-order valence-electron chi connectivity index (χ4n) is 1.45. The molecule has 0 aliphatic carbocycles. The summed E-state index contributed by atoms with van der Waals surface area (Å²) in [6.07, 6.45) is 0. The maximum atomic E-state index is 11.7. The summed E-state index contributed by atoms with van der Waals surface area (Å²) < 4.78 is 0. The molecule has 0 fully saturated rings. The second kappa shape index (κ2) is 8.05. The molecule has 4 N–H and O–H groups in total. The van der Waals surface area contributed by atoms with Crippen LogP contribution in [0.4, 0.5) is 5.69 Å². The van der Waals surface area contributed by atoms with E-state index in [1.165, 1.54) is 11.8 Å². The van der Waals surface area contributed by atoms with Crippen LogP contribution in [-0.4, -0.2) is 35.4 Å². The van der Waals surface area contributed by atoms with Gasteiger partial charge < -0.3 is 16.4 Å². The summed E-state index contributed by atoms with van der Waals surface area (Å²) in [6.45, 7) is 6.09. The monoisotopic (exact) mass is 309 g/mol. The zero-order valence-corrected chi connectivity index (χ0v) is 13.5. The fourth-order valence-corrected chi connectivity index (χ4v) is 2.09. The van der Waals surface area contributed by atoms with Crippen LogP contribution in [0.5, 0.6) is 0 Å². The highest BCUT2D eigenvalue weighted by molar-refractivity contribution is 8.00. The van der Waals surface area contributed by atoms with Gasteiger partial charge in [0.05, 0.1) is 11.5 Å². The number of nitrogens with two attached hydrogens (primary N) is 1. The molecule has 1 aromatic rings. The Bertz CT molecular complexity index is 481. The van der Waals surface area contributed by atoms with Crippen LogP contribution in [0.25, 0.3) is 0 Å². The summed E-state index contributed by atoms with van der Waals surface area (Å²) in [6, 6.07) is 7.58. The lowest BCUT2D eigenvalue weighted by Crippen LogP contribution is -2.45. The van der Waals surface area contributed by atoms with Crippen LogP contribution in [0.1, 0.15) is 19.4 Å². The Morgan fingerprint density at radius 3 is 2.29 bits per heavy atom. The van der Waals surface area contributed by atoms with Gasteiger partial charge >= 0.3 is 0 Å². The smallest absolute Gasteiger partial charge is 0.234 e. The number of hydrogen-bond donors (Lipinski definition) is 3. The minimum Gasteiger partial charge on any atom is -0.354 e. The molecular weight excluding hydrogens is 286 g/mol. The maximum Gasteiger partial charge on any atom is 0.234 e. The minimum atomic E-state index is -0.427. The Morgan fingerprint density at radius 1 is 1.14 bits per heavy atom. The van der Waals surface area contributed by atoms with Gasteiger partial charge in [0.1, 0.15) is 0 Å². The predicted molar refractivity (Wildman–Crippen MR) is 88.4 cm³/mol. The Kier molecular flexibility index (Phi) is 6.71. The van der Waals surface area contributed by atoms with Crippen LogP contribution in [-0.2, 0) is 9.59 Å². The summed E-state index contributed by atoms with van der Waals surface area (Å²) in [5.41, 5.74) is 7.25. The average molecular weight is 309 g/mol. The van der Waals surface area contributed by atoms with Crippen molar-refractivity contribution >= 4 is 29.3 Å². The number of thioether (sulfide) groups is 1. The van der Waals surface area contributed by atoms with Crippen LogP contribution >= 0.6 is 11.8 Å². The highest BCUT2D eigenvalue weighted by Gasteiger charge is 2.12. The van der Waals surface area contributed by atoms with E-state index in [-0.39, 0.29) is 23.3 Å². The predicted octanol–water partition coefficient (Wildman–Crippen LogP) is 1.52. The molecule has 6 heteroatoms. The van der Waals surface area contributed by atoms with E-state index in [0.29, 0.717) is 6.54 Å². The molecule has 0 saturated carbocycles. The zero-order chi connectivity index (χ0) is 15.9. The lowest BCUT2D eigenvalue weighted by Gasteiger charge is -2.18. The number of carbonyl (C=O) groups excluding carboxylic acids is 2. The summed E-state index contributed by atoms with van der Waals surface area (Å²) in [7, 11) is 0. The van der Waals surface area contributed by atoms with E-state index in [1.54, 1.807) is 0 Å². The number of nitrogens with one attached hydrogen (secondary N) is 2. The number of amides is 2. The number of rotatable bonds is 7. The Hall–Kier alpha value is -1.53. The van der Waals surface area contributed by atoms with Crippen molar-refractivity contribution < 1.29 is 9.59 Å². The largest absolute Gasteiger partial charge is 0.354 e. The molecular formula is C15H23N3O2S. The van der Waals surface area contributed by atoms with Gasteiger partial charge in [0, 0.05) is 17.8 Å². The lowest BCUT2D eigenvalue weighted by atomic mass is 10.1. The highest BCUT2D eigenvalue weighted by atomic mass is 32.2. The number of hydrogen-bond acceptors (Lipinski definition) is 4. The van der Waals surface area contributed by atoms with E-state index in [9.17, 15) is 9.59 Å². The van der Waals surface area contributed by atoms with E-state index in [4.69, 9.17) is 5.73 Å². The van der Waals surface area contributed by atoms with Crippen molar-refractivity contribution in [2.45, 2.75) is 26.3 Å². The number of anilines is 1. The first kappa shape index (κ1) is 17.5. The molecule has 0 atom stereocenters. The van der Waals surface area contributed by atoms with Gasteiger partial charge in [-0.1, -0.05) is 17.7 Å². The van der Waals surface area contributed by atoms with Gasteiger partial charge in [-0.3, -0.25) is 9.59 Å².